The van der Waals surface area contributed by atoms with Crippen LogP contribution in [0.4, 0.5) is 0 Å². The van der Waals surface area contributed by atoms with Crippen LogP contribution in [0, 0.1) is 52.8 Å². The average Bonchev–Trinajstić information content (AvgIpc) is 3.03. The lowest BCUT2D eigenvalue weighted by atomic mass is 9.49. The minimum atomic E-state index is -3.13. The first kappa shape index (κ1) is 24.2. The van der Waals surface area contributed by atoms with Gasteiger partial charge in [-0.3, -0.25) is 9.69 Å². The van der Waals surface area contributed by atoms with Crippen molar-refractivity contribution in [3.63, 3.8) is 0 Å². The van der Waals surface area contributed by atoms with E-state index < -0.39 is 10.0 Å². The Kier molecular flexibility index (Phi) is 6.53. The first-order valence-corrected chi connectivity index (χ1v) is 15.6. The second-order valence-electron chi connectivity index (χ2n) is 13.0. The normalized spacial score (nSPS) is 46.9. The first-order chi connectivity index (χ1) is 15.6. The lowest BCUT2D eigenvalue weighted by Gasteiger charge is -2.56. The number of piperazine rings is 1. The van der Waals surface area contributed by atoms with Crippen molar-refractivity contribution in [2.45, 2.75) is 72.1 Å². The molecule has 188 valence electrons. The van der Waals surface area contributed by atoms with E-state index in [4.69, 9.17) is 0 Å². The summed E-state index contributed by atoms with van der Waals surface area (Å²) in [4.78, 5) is 15.9. The van der Waals surface area contributed by atoms with Crippen molar-refractivity contribution in [1.82, 2.24) is 9.21 Å². The summed E-state index contributed by atoms with van der Waals surface area (Å²) in [5.74, 6) is 6.43. The molecule has 1 saturated heterocycles. The zero-order valence-electron chi connectivity index (χ0n) is 21.3. The van der Waals surface area contributed by atoms with E-state index in [-0.39, 0.29) is 11.3 Å². The molecule has 0 bridgehead atoms. The summed E-state index contributed by atoms with van der Waals surface area (Å²) in [5, 5.41) is 0. The van der Waals surface area contributed by atoms with Gasteiger partial charge in [0.2, 0.25) is 10.0 Å². The fraction of sp³-hybridized carbons (Fsp3) is 0.963. The van der Waals surface area contributed by atoms with Gasteiger partial charge in [-0.2, -0.15) is 4.31 Å². The van der Waals surface area contributed by atoms with Gasteiger partial charge in [0, 0.05) is 32.1 Å². The second kappa shape index (κ2) is 8.89. The van der Waals surface area contributed by atoms with Gasteiger partial charge in [0.15, 0.2) is 5.78 Å². The quantitative estimate of drug-likeness (QED) is 0.605. The first-order valence-electron chi connectivity index (χ1n) is 13.8. The van der Waals surface area contributed by atoms with Gasteiger partial charge in [-0.15, -0.1) is 0 Å². The third kappa shape index (κ3) is 4.35. The lowest BCUT2D eigenvalue weighted by molar-refractivity contribution is -0.133. The second-order valence-corrected chi connectivity index (χ2v) is 15.0. The van der Waals surface area contributed by atoms with E-state index in [2.05, 4.69) is 25.7 Å². The largest absolute Gasteiger partial charge is 0.298 e. The Balaban J connectivity index is 1.25. The third-order valence-electron chi connectivity index (χ3n) is 11.1. The van der Waals surface area contributed by atoms with Crippen LogP contribution < -0.4 is 0 Å². The topological polar surface area (TPSA) is 57.7 Å². The molecule has 5 nitrogen and oxygen atoms in total. The minimum absolute atomic E-state index is 0.168. The Hall–Kier alpha value is -0.460. The zero-order chi connectivity index (χ0) is 23.5. The van der Waals surface area contributed by atoms with Crippen LogP contribution in [0.2, 0.25) is 0 Å². The van der Waals surface area contributed by atoms with E-state index in [0.717, 1.165) is 35.5 Å². The van der Waals surface area contributed by atoms with Gasteiger partial charge in [0.25, 0.3) is 0 Å². The van der Waals surface area contributed by atoms with Gasteiger partial charge in [-0.05, 0) is 91.8 Å². The van der Waals surface area contributed by atoms with E-state index in [1.807, 2.05) is 0 Å². The van der Waals surface area contributed by atoms with Gasteiger partial charge < -0.3 is 0 Å². The molecule has 0 amide bonds. The van der Waals surface area contributed by atoms with Crippen LogP contribution >= 0.6 is 0 Å². The number of nitrogens with zero attached hydrogens (tertiary/aromatic N) is 2. The fourth-order valence-electron chi connectivity index (χ4n) is 9.68. The molecule has 4 saturated carbocycles. The molecular formula is C27H46N2O3S. The summed E-state index contributed by atoms with van der Waals surface area (Å²) in [6.07, 6.45) is 12.3. The highest BCUT2D eigenvalue weighted by Crippen LogP contribution is 2.65. The van der Waals surface area contributed by atoms with Gasteiger partial charge in [-0.1, -0.05) is 27.2 Å². The molecule has 0 aromatic carbocycles. The van der Waals surface area contributed by atoms with Crippen LogP contribution in [0.1, 0.15) is 72.1 Å². The summed E-state index contributed by atoms with van der Waals surface area (Å²) >= 11 is 0. The Morgan fingerprint density at radius 1 is 0.909 bits per heavy atom. The SMILES string of the molecule is CC1CCC2C(CCC3C2CCC2(C)C3CC(C)C2C(=O)CN2CCN(S(C)(=O)=O)CC2)C1. The maximum Gasteiger partial charge on any atom is 0.211 e. The number of fused-ring (bicyclic) bond motifs is 5. The van der Waals surface area contributed by atoms with Crippen molar-refractivity contribution in [1.29, 1.82) is 0 Å². The molecule has 0 spiro atoms. The molecule has 5 aliphatic rings. The molecule has 0 N–H and O–H groups in total. The maximum atomic E-state index is 13.7. The standard InChI is InChI=1S/C27H46N2O3S/c1-18-5-7-21-20(15-18)6-8-23-22(21)9-10-27(3)24(23)16-19(2)26(27)25(30)17-28-11-13-29(14-12-28)33(4,31)32/h18-24,26H,5-17H2,1-4H3. The summed E-state index contributed by atoms with van der Waals surface area (Å²) < 4.78 is 25.2. The fourth-order valence-corrected chi connectivity index (χ4v) is 10.5. The number of carbonyl (C=O) groups is 1. The van der Waals surface area contributed by atoms with Crippen LogP contribution in [0.3, 0.4) is 0 Å². The highest BCUT2D eigenvalue weighted by Gasteiger charge is 2.60. The number of hydrogen-bond acceptors (Lipinski definition) is 4. The Labute approximate surface area is 202 Å². The molecule has 0 radical (unpaired) electrons. The summed E-state index contributed by atoms with van der Waals surface area (Å²) in [5.41, 5.74) is 0.168. The van der Waals surface area contributed by atoms with Crippen LogP contribution in [0.15, 0.2) is 0 Å². The van der Waals surface area contributed by atoms with Crippen molar-refractivity contribution < 1.29 is 13.2 Å². The molecule has 0 aromatic rings. The van der Waals surface area contributed by atoms with Crippen LogP contribution in [-0.2, 0) is 14.8 Å². The van der Waals surface area contributed by atoms with Crippen LogP contribution in [0.5, 0.6) is 0 Å². The number of Topliss-reactive ketones (excluding diaryl/α,β-unsaturated/α-hetero) is 1. The molecule has 1 aliphatic heterocycles. The minimum Gasteiger partial charge on any atom is -0.298 e. The van der Waals surface area contributed by atoms with Gasteiger partial charge in [0.05, 0.1) is 12.8 Å². The molecule has 33 heavy (non-hydrogen) atoms. The summed E-state index contributed by atoms with van der Waals surface area (Å²) in [6, 6.07) is 0. The van der Waals surface area contributed by atoms with E-state index >= 15 is 0 Å². The van der Waals surface area contributed by atoms with E-state index in [1.165, 1.54) is 57.6 Å². The Bertz CT molecular complexity index is 851. The van der Waals surface area contributed by atoms with Crippen molar-refractivity contribution in [3.8, 4) is 0 Å². The Morgan fingerprint density at radius 3 is 2.30 bits per heavy atom. The van der Waals surface area contributed by atoms with Crippen molar-refractivity contribution in [2.75, 3.05) is 39.0 Å². The smallest absolute Gasteiger partial charge is 0.211 e. The molecule has 1 heterocycles. The summed E-state index contributed by atoms with van der Waals surface area (Å²) in [7, 11) is -3.13. The number of carbonyl (C=O) groups excluding carboxylic acids is 1. The maximum absolute atomic E-state index is 13.7. The van der Waals surface area contributed by atoms with Gasteiger partial charge in [0.1, 0.15) is 0 Å². The number of rotatable bonds is 4. The van der Waals surface area contributed by atoms with Crippen molar-refractivity contribution in [3.05, 3.63) is 0 Å². The third-order valence-corrected chi connectivity index (χ3v) is 12.4. The van der Waals surface area contributed by atoms with Gasteiger partial charge in [-0.25, -0.2) is 8.42 Å². The van der Waals surface area contributed by atoms with Crippen molar-refractivity contribution >= 4 is 15.8 Å². The number of hydrogen-bond donors (Lipinski definition) is 0. The van der Waals surface area contributed by atoms with Crippen LogP contribution in [-0.4, -0.2) is 62.4 Å². The van der Waals surface area contributed by atoms with Gasteiger partial charge >= 0.3 is 0 Å². The van der Waals surface area contributed by atoms with E-state index in [9.17, 15) is 13.2 Å². The number of sulfonamides is 1. The van der Waals surface area contributed by atoms with E-state index in [1.54, 1.807) is 4.31 Å². The predicted octanol–water partition coefficient (Wildman–Crippen LogP) is 4.28. The molecule has 5 rings (SSSR count). The molecular weight excluding hydrogens is 432 g/mol. The zero-order valence-corrected chi connectivity index (χ0v) is 22.2. The number of ketones is 1. The molecule has 9 atom stereocenters. The average molecular weight is 479 g/mol. The molecule has 4 aliphatic carbocycles. The predicted molar refractivity (Wildman–Crippen MR) is 132 cm³/mol. The van der Waals surface area contributed by atoms with E-state index in [0.29, 0.717) is 44.4 Å². The monoisotopic (exact) mass is 478 g/mol. The lowest BCUT2D eigenvalue weighted by Crippen LogP contribution is -2.52. The molecule has 0 aromatic heterocycles. The highest BCUT2D eigenvalue weighted by molar-refractivity contribution is 7.88. The van der Waals surface area contributed by atoms with Crippen molar-refractivity contribution in [2.24, 2.45) is 52.8 Å². The Morgan fingerprint density at radius 2 is 1.61 bits per heavy atom. The molecule has 9 unspecified atom stereocenters. The van der Waals surface area contributed by atoms with Crippen LogP contribution in [0.25, 0.3) is 0 Å². The molecule has 6 heteroatoms. The summed E-state index contributed by atoms with van der Waals surface area (Å²) in [6.45, 7) is 10.1. The molecule has 5 fully saturated rings. The highest BCUT2D eigenvalue weighted by atomic mass is 32.2.